The molecule has 3 aromatic rings. The Balaban J connectivity index is 2.00. The Kier molecular flexibility index (Phi) is 6.10. The summed E-state index contributed by atoms with van der Waals surface area (Å²) < 4.78 is 47.2. The van der Waals surface area contributed by atoms with Crippen molar-refractivity contribution in [3.63, 3.8) is 0 Å². The normalized spacial score (nSPS) is 12.0. The van der Waals surface area contributed by atoms with Crippen LogP contribution in [0.1, 0.15) is 26.3 Å². The Morgan fingerprint density at radius 3 is 2.47 bits per heavy atom. The van der Waals surface area contributed by atoms with Crippen molar-refractivity contribution in [3.8, 4) is 11.3 Å². The van der Waals surface area contributed by atoms with Gasteiger partial charge in [0.05, 0.1) is 10.6 Å². The second kappa shape index (κ2) is 8.28. The molecule has 8 heteroatoms. The minimum absolute atomic E-state index is 0.0377. The van der Waals surface area contributed by atoms with E-state index in [0.29, 0.717) is 10.5 Å². The Labute approximate surface area is 179 Å². The van der Waals surface area contributed by atoms with Gasteiger partial charge in [0.1, 0.15) is 11.4 Å². The van der Waals surface area contributed by atoms with E-state index in [-0.39, 0.29) is 16.2 Å². The molecule has 5 nitrogen and oxygen atoms in total. The monoisotopic (exact) mass is 446 g/mol. The van der Waals surface area contributed by atoms with Crippen LogP contribution in [0.25, 0.3) is 11.3 Å². The molecule has 0 aliphatic heterocycles. The molecular formula is C22H21FNO4S2. The largest absolute Gasteiger partial charge is 0.452 e. The first-order valence-electron chi connectivity index (χ1n) is 9.03. The van der Waals surface area contributed by atoms with Crippen molar-refractivity contribution in [1.29, 1.82) is 0 Å². The molecule has 0 N–H and O–H groups in total. The van der Waals surface area contributed by atoms with Crippen LogP contribution in [0.15, 0.2) is 70.6 Å². The minimum Gasteiger partial charge on any atom is -0.452 e. The summed E-state index contributed by atoms with van der Waals surface area (Å²) in [7, 11) is -4.06. The smallest absolute Gasteiger partial charge is 0.372 e. The SMILES string of the molecule is [CH2]c1cc(-c2ccccc2F)n(S(=O)(=O)c2cccc(SC(=O)OC(C)(C)C)c2)c1. The Hall–Kier alpha value is -2.58. The van der Waals surface area contributed by atoms with Gasteiger partial charge in [0, 0.05) is 16.7 Å². The van der Waals surface area contributed by atoms with Gasteiger partial charge in [-0.15, -0.1) is 0 Å². The summed E-state index contributed by atoms with van der Waals surface area (Å²) in [4.78, 5) is 12.5. The van der Waals surface area contributed by atoms with Crippen LogP contribution in [-0.4, -0.2) is 23.3 Å². The average Bonchev–Trinajstić information content (AvgIpc) is 3.03. The maximum absolute atomic E-state index is 14.3. The van der Waals surface area contributed by atoms with E-state index in [1.165, 1.54) is 48.7 Å². The lowest BCUT2D eigenvalue weighted by Crippen LogP contribution is -2.21. The molecule has 0 saturated carbocycles. The summed E-state index contributed by atoms with van der Waals surface area (Å²) in [6.45, 7) is 9.03. The highest BCUT2D eigenvalue weighted by Gasteiger charge is 2.24. The van der Waals surface area contributed by atoms with Crippen molar-refractivity contribution >= 4 is 27.1 Å². The third-order valence-electron chi connectivity index (χ3n) is 3.95. The molecular weight excluding hydrogens is 425 g/mol. The first kappa shape index (κ1) is 22.1. The molecule has 0 fully saturated rings. The number of rotatable bonds is 4. The number of hydrogen-bond donors (Lipinski definition) is 0. The van der Waals surface area contributed by atoms with E-state index in [4.69, 9.17) is 4.74 Å². The second-order valence-electron chi connectivity index (χ2n) is 7.56. The highest BCUT2D eigenvalue weighted by molar-refractivity contribution is 8.13. The summed E-state index contributed by atoms with van der Waals surface area (Å²) in [6.07, 6.45) is 1.34. The molecule has 0 atom stereocenters. The fourth-order valence-corrected chi connectivity index (χ4v) is 5.07. The first-order chi connectivity index (χ1) is 14.0. The molecule has 0 unspecified atom stereocenters. The molecule has 0 amide bonds. The molecule has 0 aliphatic carbocycles. The van der Waals surface area contributed by atoms with Gasteiger partial charge in [-0.2, -0.15) is 0 Å². The second-order valence-corrected chi connectivity index (χ2v) is 10.4. The maximum atomic E-state index is 14.3. The molecule has 157 valence electrons. The number of hydrogen-bond acceptors (Lipinski definition) is 5. The van der Waals surface area contributed by atoms with Crippen LogP contribution >= 0.6 is 11.8 Å². The van der Waals surface area contributed by atoms with Crippen LogP contribution in [0, 0.1) is 12.7 Å². The third-order valence-corrected chi connectivity index (χ3v) is 6.35. The van der Waals surface area contributed by atoms with Gasteiger partial charge in [0.2, 0.25) is 0 Å². The number of aromatic nitrogens is 1. The zero-order chi connectivity index (χ0) is 22.1. The van der Waals surface area contributed by atoms with Crippen molar-refractivity contribution < 1.29 is 22.3 Å². The summed E-state index contributed by atoms with van der Waals surface area (Å²) in [5, 5.41) is -0.537. The van der Waals surface area contributed by atoms with E-state index in [1.54, 1.807) is 32.9 Å². The lowest BCUT2D eigenvalue weighted by Gasteiger charge is -2.19. The van der Waals surface area contributed by atoms with Gasteiger partial charge in [-0.3, -0.25) is 0 Å². The number of benzene rings is 2. The Morgan fingerprint density at radius 2 is 1.80 bits per heavy atom. The van der Waals surface area contributed by atoms with Crippen molar-refractivity contribution in [2.24, 2.45) is 0 Å². The fourth-order valence-electron chi connectivity index (χ4n) is 2.74. The summed E-state index contributed by atoms with van der Waals surface area (Å²) >= 11 is 0.797. The van der Waals surface area contributed by atoms with Crippen molar-refractivity contribution in [3.05, 3.63) is 79.1 Å². The lowest BCUT2D eigenvalue weighted by molar-refractivity contribution is 0.0738. The zero-order valence-electron chi connectivity index (χ0n) is 16.8. The first-order valence-corrected chi connectivity index (χ1v) is 11.3. The third kappa shape index (κ3) is 4.94. The van der Waals surface area contributed by atoms with E-state index < -0.39 is 26.7 Å². The Morgan fingerprint density at radius 1 is 1.10 bits per heavy atom. The van der Waals surface area contributed by atoms with Crippen molar-refractivity contribution in [2.75, 3.05) is 0 Å². The number of nitrogens with zero attached hydrogens (tertiary/aromatic N) is 1. The van der Waals surface area contributed by atoms with E-state index in [2.05, 4.69) is 6.92 Å². The highest BCUT2D eigenvalue weighted by Crippen LogP contribution is 2.31. The van der Waals surface area contributed by atoms with Gasteiger partial charge in [-0.25, -0.2) is 21.6 Å². The molecule has 1 radical (unpaired) electrons. The van der Waals surface area contributed by atoms with Crippen LogP contribution in [0.2, 0.25) is 0 Å². The molecule has 30 heavy (non-hydrogen) atoms. The fraction of sp³-hybridized carbons (Fsp3) is 0.182. The van der Waals surface area contributed by atoms with Gasteiger partial charge in [0.25, 0.3) is 10.0 Å². The molecule has 1 aromatic heterocycles. The van der Waals surface area contributed by atoms with Gasteiger partial charge in [0.15, 0.2) is 0 Å². The number of ether oxygens (including phenoxy) is 1. The zero-order valence-corrected chi connectivity index (χ0v) is 18.4. The van der Waals surface area contributed by atoms with E-state index in [0.717, 1.165) is 15.7 Å². The summed E-state index contributed by atoms with van der Waals surface area (Å²) in [5.74, 6) is -0.540. The van der Waals surface area contributed by atoms with Crippen molar-refractivity contribution in [1.82, 2.24) is 3.97 Å². The quantitative estimate of drug-likeness (QED) is 0.378. The highest BCUT2D eigenvalue weighted by atomic mass is 32.2. The molecule has 2 aromatic carbocycles. The van der Waals surface area contributed by atoms with Crippen LogP contribution in [0.3, 0.4) is 0 Å². The molecule has 0 spiro atoms. The van der Waals surface area contributed by atoms with Gasteiger partial charge < -0.3 is 4.74 Å². The van der Waals surface area contributed by atoms with Gasteiger partial charge in [-0.05, 0) is 81.4 Å². The van der Waals surface area contributed by atoms with E-state index >= 15 is 0 Å². The van der Waals surface area contributed by atoms with Gasteiger partial charge in [-0.1, -0.05) is 18.2 Å². The van der Waals surface area contributed by atoms with Crippen molar-refractivity contribution in [2.45, 2.75) is 36.2 Å². The van der Waals surface area contributed by atoms with Crippen LogP contribution < -0.4 is 0 Å². The number of halogens is 1. The topological polar surface area (TPSA) is 65.4 Å². The van der Waals surface area contributed by atoms with Crippen LogP contribution in [-0.2, 0) is 14.8 Å². The van der Waals surface area contributed by atoms with E-state index in [9.17, 15) is 17.6 Å². The molecule has 0 saturated heterocycles. The lowest BCUT2D eigenvalue weighted by atomic mass is 10.1. The predicted octanol–water partition coefficient (Wildman–Crippen LogP) is 5.74. The standard InChI is InChI=1S/C22H21FNO4S2/c1-15-12-20(18-10-5-6-11-19(18)23)24(14-15)30(26,27)17-9-7-8-16(13-17)29-21(25)28-22(2,3)4/h5-14H,1H2,2-4H3. The molecule has 0 bridgehead atoms. The van der Waals surface area contributed by atoms with Gasteiger partial charge >= 0.3 is 5.30 Å². The molecule has 3 rings (SSSR count). The molecule has 0 aliphatic rings. The number of carbonyl (C=O) groups excluding carboxylic acids is 1. The van der Waals surface area contributed by atoms with Crippen LogP contribution in [0.4, 0.5) is 9.18 Å². The van der Waals surface area contributed by atoms with E-state index in [1.807, 2.05) is 0 Å². The summed E-state index contributed by atoms with van der Waals surface area (Å²) in [6, 6.07) is 13.4. The predicted molar refractivity (Wildman–Crippen MR) is 115 cm³/mol. The summed E-state index contributed by atoms with van der Waals surface area (Å²) in [5.41, 5.74) is 0.0904. The number of carbonyl (C=O) groups is 1. The maximum Gasteiger partial charge on any atom is 0.372 e. The number of thioether (sulfide) groups is 1. The average molecular weight is 447 g/mol. The minimum atomic E-state index is -4.06. The molecule has 1 heterocycles. The van der Waals surface area contributed by atoms with Crippen LogP contribution in [0.5, 0.6) is 0 Å². The Bertz CT molecular complexity index is 1190.